The van der Waals surface area contributed by atoms with Crippen LogP contribution in [0.5, 0.6) is 0 Å². The van der Waals surface area contributed by atoms with Gasteiger partial charge in [-0.05, 0) is 25.1 Å². The average molecular weight is 326 g/mol. The molecule has 0 aliphatic carbocycles. The van der Waals surface area contributed by atoms with Crippen LogP contribution >= 0.6 is 11.6 Å². The number of benzene rings is 1. The van der Waals surface area contributed by atoms with Gasteiger partial charge in [0.05, 0.1) is 26.9 Å². The first kappa shape index (κ1) is 15.2. The highest BCUT2D eigenvalue weighted by molar-refractivity contribution is 7.92. The summed E-state index contributed by atoms with van der Waals surface area (Å²) in [5.41, 5.74) is 6.76. The van der Waals surface area contributed by atoms with E-state index in [2.05, 4.69) is 9.82 Å². The molecule has 0 aliphatic rings. The maximum atomic E-state index is 12.3. The van der Waals surface area contributed by atoms with E-state index in [-0.39, 0.29) is 27.0 Å². The first-order chi connectivity index (χ1) is 9.76. The molecular formula is C12H12ClN5O2S. The number of nitriles is 1. The van der Waals surface area contributed by atoms with Gasteiger partial charge < -0.3 is 5.73 Å². The number of nitrogens with one attached hydrogen (secondary N) is 1. The van der Waals surface area contributed by atoms with Crippen molar-refractivity contribution in [2.24, 2.45) is 7.05 Å². The van der Waals surface area contributed by atoms with E-state index in [4.69, 9.17) is 22.6 Å². The van der Waals surface area contributed by atoms with Crippen molar-refractivity contribution in [2.75, 3.05) is 10.5 Å². The van der Waals surface area contributed by atoms with Gasteiger partial charge in [0.1, 0.15) is 6.07 Å². The first-order valence-electron chi connectivity index (χ1n) is 5.78. The molecule has 0 aliphatic heterocycles. The normalized spacial score (nSPS) is 11.1. The van der Waals surface area contributed by atoms with Crippen LogP contribution in [0.3, 0.4) is 0 Å². The quantitative estimate of drug-likeness (QED) is 0.890. The Kier molecular flexibility index (Phi) is 3.80. The highest BCUT2D eigenvalue weighted by Gasteiger charge is 2.20. The third kappa shape index (κ3) is 2.79. The van der Waals surface area contributed by atoms with Crippen LogP contribution in [-0.4, -0.2) is 18.2 Å². The minimum absolute atomic E-state index is 0.0644. The van der Waals surface area contributed by atoms with E-state index in [1.807, 2.05) is 6.07 Å². The predicted octanol–water partition coefficient (Wildman–Crippen LogP) is 1.64. The van der Waals surface area contributed by atoms with E-state index in [1.54, 1.807) is 14.0 Å². The third-order valence-corrected chi connectivity index (χ3v) is 4.52. The maximum absolute atomic E-state index is 12.3. The number of aromatic nitrogens is 2. The molecule has 0 radical (unpaired) electrons. The molecule has 0 amide bonds. The highest BCUT2D eigenvalue weighted by atomic mass is 35.5. The van der Waals surface area contributed by atoms with Crippen molar-refractivity contribution in [3.05, 3.63) is 34.5 Å². The zero-order chi connectivity index (χ0) is 15.8. The molecule has 0 saturated carbocycles. The Morgan fingerprint density at radius 2 is 2.14 bits per heavy atom. The SMILES string of the molecule is Cc1nn(C)c(NS(=O)(=O)c2ccc(C#N)c(Cl)c2)c1N. The van der Waals surface area contributed by atoms with Crippen molar-refractivity contribution < 1.29 is 8.42 Å². The molecule has 2 rings (SSSR count). The molecule has 0 bridgehead atoms. The van der Waals surface area contributed by atoms with Gasteiger partial charge >= 0.3 is 0 Å². The summed E-state index contributed by atoms with van der Waals surface area (Å²) >= 11 is 5.85. The number of anilines is 2. The number of halogens is 1. The topological polar surface area (TPSA) is 114 Å². The van der Waals surface area contributed by atoms with Gasteiger partial charge in [-0.3, -0.25) is 4.72 Å². The summed E-state index contributed by atoms with van der Waals surface area (Å²) in [6.45, 7) is 1.67. The molecule has 0 unspecified atom stereocenters. The van der Waals surface area contributed by atoms with Crippen molar-refractivity contribution in [1.29, 1.82) is 5.26 Å². The van der Waals surface area contributed by atoms with Crippen LogP contribution in [-0.2, 0) is 17.1 Å². The number of rotatable bonds is 3. The fourth-order valence-electron chi connectivity index (χ4n) is 1.74. The number of nitrogens with two attached hydrogens (primary N) is 1. The molecule has 7 nitrogen and oxygen atoms in total. The highest BCUT2D eigenvalue weighted by Crippen LogP contribution is 2.26. The minimum Gasteiger partial charge on any atom is -0.394 e. The number of aryl methyl sites for hydroxylation is 2. The van der Waals surface area contributed by atoms with Gasteiger partial charge in [-0.2, -0.15) is 10.4 Å². The number of nitrogen functional groups attached to an aromatic ring is 1. The molecule has 1 aromatic carbocycles. The second kappa shape index (κ2) is 5.27. The van der Waals surface area contributed by atoms with Crippen molar-refractivity contribution in [2.45, 2.75) is 11.8 Å². The summed E-state index contributed by atoms with van der Waals surface area (Å²) in [5.74, 6) is 0.174. The number of hydrogen-bond donors (Lipinski definition) is 2. The second-order valence-electron chi connectivity index (χ2n) is 4.33. The van der Waals surface area contributed by atoms with Crippen LogP contribution in [0.1, 0.15) is 11.3 Å². The Labute approximate surface area is 127 Å². The Morgan fingerprint density at radius 3 is 2.62 bits per heavy atom. The third-order valence-electron chi connectivity index (χ3n) is 2.87. The van der Waals surface area contributed by atoms with Crippen molar-refractivity contribution in [3.8, 4) is 6.07 Å². The average Bonchev–Trinajstić information content (AvgIpc) is 2.65. The lowest BCUT2D eigenvalue weighted by Crippen LogP contribution is -2.16. The largest absolute Gasteiger partial charge is 0.394 e. The van der Waals surface area contributed by atoms with Gasteiger partial charge in [0.15, 0.2) is 5.82 Å². The lowest BCUT2D eigenvalue weighted by molar-refractivity contribution is 0.600. The smallest absolute Gasteiger partial charge is 0.263 e. The molecule has 9 heteroatoms. The van der Waals surface area contributed by atoms with Crippen LogP contribution < -0.4 is 10.5 Å². The van der Waals surface area contributed by atoms with Crippen molar-refractivity contribution >= 4 is 33.1 Å². The number of nitrogens with zero attached hydrogens (tertiary/aromatic N) is 3. The van der Waals surface area contributed by atoms with Crippen molar-refractivity contribution in [3.63, 3.8) is 0 Å². The zero-order valence-corrected chi connectivity index (χ0v) is 12.8. The van der Waals surface area contributed by atoms with E-state index in [0.717, 1.165) is 0 Å². The van der Waals surface area contributed by atoms with Crippen LogP contribution in [0.4, 0.5) is 11.5 Å². The van der Waals surface area contributed by atoms with Crippen LogP contribution in [0.2, 0.25) is 5.02 Å². The number of sulfonamides is 1. The summed E-state index contributed by atoms with van der Waals surface area (Å²) in [7, 11) is -2.30. The van der Waals surface area contributed by atoms with Gasteiger partial charge in [-0.1, -0.05) is 11.6 Å². The molecule has 3 N–H and O–H groups in total. The first-order valence-corrected chi connectivity index (χ1v) is 7.64. The fraction of sp³-hybridized carbons (Fsp3) is 0.167. The summed E-state index contributed by atoms with van der Waals surface area (Å²) in [5, 5.41) is 12.9. The monoisotopic (exact) mass is 325 g/mol. The van der Waals surface area contributed by atoms with Crippen molar-refractivity contribution in [1.82, 2.24) is 9.78 Å². The van der Waals surface area contributed by atoms with E-state index in [1.165, 1.54) is 22.9 Å². The van der Waals surface area contributed by atoms with Crippen LogP contribution in [0.25, 0.3) is 0 Å². The fourth-order valence-corrected chi connectivity index (χ4v) is 3.16. The van der Waals surface area contributed by atoms with Gasteiger partial charge in [0.2, 0.25) is 0 Å². The minimum atomic E-state index is -3.88. The Balaban J connectivity index is 2.44. The summed E-state index contributed by atoms with van der Waals surface area (Å²) in [6, 6.07) is 5.71. The predicted molar refractivity (Wildman–Crippen MR) is 79.3 cm³/mol. The van der Waals surface area contributed by atoms with Crippen LogP contribution in [0, 0.1) is 18.3 Å². The summed E-state index contributed by atoms with van der Waals surface area (Å²) < 4.78 is 28.3. The summed E-state index contributed by atoms with van der Waals surface area (Å²) in [6.07, 6.45) is 0. The second-order valence-corrected chi connectivity index (χ2v) is 6.42. The van der Waals surface area contributed by atoms with Gasteiger partial charge in [-0.15, -0.1) is 0 Å². The molecule has 1 heterocycles. The Morgan fingerprint density at radius 1 is 1.48 bits per heavy atom. The molecule has 0 fully saturated rings. The lowest BCUT2D eigenvalue weighted by Gasteiger charge is -2.09. The molecule has 0 saturated heterocycles. The standard InChI is InChI=1S/C12H12ClN5O2S/c1-7-11(15)12(18(2)16-7)17-21(19,20)9-4-3-8(6-14)10(13)5-9/h3-5,17H,15H2,1-2H3. The van der Waals surface area contributed by atoms with Gasteiger partial charge in [-0.25, -0.2) is 13.1 Å². The number of hydrogen-bond acceptors (Lipinski definition) is 5. The zero-order valence-electron chi connectivity index (χ0n) is 11.3. The Bertz CT molecular complexity index is 851. The molecule has 21 heavy (non-hydrogen) atoms. The molecular weight excluding hydrogens is 314 g/mol. The van der Waals surface area contributed by atoms with E-state index in [9.17, 15) is 8.42 Å². The van der Waals surface area contributed by atoms with Gasteiger partial charge in [0, 0.05) is 7.05 Å². The molecule has 110 valence electrons. The summed E-state index contributed by atoms with van der Waals surface area (Å²) in [4.78, 5) is -0.0650. The van der Waals surface area contributed by atoms with E-state index < -0.39 is 10.0 Å². The maximum Gasteiger partial charge on any atom is 0.263 e. The molecule has 0 atom stereocenters. The lowest BCUT2D eigenvalue weighted by atomic mass is 10.2. The van der Waals surface area contributed by atoms with E-state index >= 15 is 0 Å². The van der Waals surface area contributed by atoms with E-state index in [0.29, 0.717) is 5.69 Å². The Hall–Kier alpha value is -2.24. The molecule has 1 aromatic heterocycles. The van der Waals surface area contributed by atoms with Gasteiger partial charge in [0.25, 0.3) is 10.0 Å². The molecule has 0 spiro atoms. The molecule has 2 aromatic rings. The van der Waals surface area contributed by atoms with Crippen LogP contribution in [0.15, 0.2) is 23.1 Å².